The van der Waals surface area contributed by atoms with Crippen LogP contribution < -0.4 is 10.1 Å². The van der Waals surface area contributed by atoms with Crippen LogP contribution in [0.3, 0.4) is 0 Å². The summed E-state index contributed by atoms with van der Waals surface area (Å²) < 4.78 is 10.8. The monoisotopic (exact) mass is 293 g/mol. The van der Waals surface area contributed by atoms with E-state index in [9.17, 15) is 4.79 Å². The van der Waals surface area contributed by atoms with Gasteiger partial charge in [-0.05, 0) is 33.6 Å². The second kappa shape index (κ2) is 6.85. The minimum Gasteiger partial charge on any atom is -0.480 e. The number of nitrogens with zero attached hydrogens (tertiary/aromatic N) is 2. The van der Waals surface area contributed by atoms with Crippen LogP contribution >= 0.6 is 0 Å². The van der Waals surface area contributed by atoms with Crippen molar-refractivity contribution >= 4 is 5.91 Å². The summed E-state index contributed by atoms with van der Waals surface area (Å²) in [6.07, 6.45) is 3.43. The quantitative estimate of drug-likeness (QED) is 0.913. The highest BCUT2D eigenvalue weighted by atomic mass is 16.5. The van der Waals surface area contributed by atoms with Gasteiger partial charge in [0.15, 0.2) is 0 Å². The van der Waals surface area contributed by atoms with Crippen LogP contribution in [-0.2, 0) is 16.1 Å². The molecule has 0 aliphatic carbocycles. The highest BCUT2D eigenvalue weighted by Gasteiger charge is 2.29. The third-order valence-corrected chi connectivity index (χ3v) is 3.62. The number of carbonyl (C=O) groups is 1. The lowest BCUT2D eigenvalue weighted by molar-refractivity contribution is -0.133. The summed E-state index contributed by atoms with van der Waals surface area (Å²) in [6, 6.07) is 0. The molecule has 6 nitrogen and oxygen atoms in total. The molecule has 0 spiro atoms. The van der Waals surface area contributed by atoms with Crippen molar-refractivity contribution in [2.75, 3.05) is 7.11 Å². The molecular formula is C15H23N3O3. The van der Waals surface area contributed by atoms with Crippen LogP contribution in [0.25, 0.3) is 0 Å². The van der Waals surface area contributed by atoms with E-state index >= 15 is 0 Å². The average Bonchev–Trinajstić information content (AvgIpc) is 2.44. The Balaban J connectivity index is 1.95. The Labute approximate surface area is 125 Å². The second-order valence-electron chi connectivity index (χ2n) is 5.61. The Bertz CT molecular complexity index is 497. The third kappa shape index (κ3) is 4.14. The van der Waals surface area contributed by atoms with Crippen molar-refractivity contribution < 1.29 is 14.3 Å². The molecule has 6 heteroatoms. The van der Waals surface area contributed by atoms with Gasteiger partial charge in [-0.25, -0.2) is 4.98 Å². The molecule has 116 valence electrons. The molecule has 2 rings (SSSR count). The number of hydrogen-bond acceptors (Lipinski definition) is 5. The lowest BCUT2D eigenvalue weighted by Crippen LogP contribution is -2.39. The van der Waals surface area contributed by atoms with Gasteiger partial charge >= 0.3 is 0 Å². The van der Waals surface area contributed by atoms with Crippen molar-refractivity contribution in [3.8, 4) is 5.88 Å². The number of carbonyl (C=O) groups excluding carboxylic acids is 1. The second-order valence-corrected chi connectivity index (χ2v) is 5.61. The molecule has 1 amide bonds. The van der Waals surface area contributed by atoms with Crippen LogP contribution in [0, 0.1) is 12.8 Å². The van der Waals surface area contributed by atoms with Crippen LogP contribution in [0.15, 0.2) is 6.20 Å². The van der Waals surface area contributed by atoms with Gasteiger partial charge in [0.1, 0.15) is 5.69 Å². The summed E-state index contributed by atoms with van der Waals surface area (Å²) in [5, 5.41) is 2.93. The summed E-state index contributed by atoms with van der Waals surface area (Å²) >= 11 is 0. The minimum atomic E-state index is -0.00634. The molecule has 1 aliphatic rings. The van der Waals surface area contributed by atoms with Crippen molar-refractivity contribution in [2.24, 2.45) is 5.92 Å². The van der Waals surface area contributed by atoms with Gasteiger partial charge in [-0.3, -0.25) is 9.78 Å². The SMILES string of the molecule is COc1nc(C)cnc1CNC(=O)C1CC(C)OC(C)C1. The maximum Gasteiger partial charge on any atom is 0.237 e. The third-order valence-electron chi connectivity index (χ3n) is 3.62. The van der Waals surface area contributed by atoms with E-state index in [1.54, 1.807) is 13.3 Å². The Kier molecular flexibility index (Phi) is 5.12. The maximum atomic E-state index is 12.3. The van der Waals surface area contributed by atoms with E-state index in [0.717, 1.165) is 18.5 Å². The molecule has 2 heterocycles. The highest BCUT2D eigenvalue weighted by Crippen LogP contribution is 2.25. The highest BCUT2D eigenvalue weighted by molar-refractivity contribution is 5.78. The number of ether oxygens (including phenoxy) is 2. The minimum absolute atomic E-state index is 0.00634. The standard InChI is InChI=1S/C15H23N3O3/c1-9-7-16-13(15(18-9)20-4)8-17-14(19)12-5-10(2)21-11(3)6-12/h7,10-12H,5-6,8H2,1-4H3,(H,17,19). The first-order chi connectivity index (χ1) is 9.99. The molecule has 0 saturated carbocycles. The number of aryl methyl sites for hydroxylation is 1. The van der Waals surface area contributed by atoms with Gasteiger partial charge in [0.05, 0.1) is 31.6 Å². The van der Waals surface area contributed by atoms with Crippen LogP contribution in [-0.4, -0.2) is 35.2 Å². The van der Waals surface area contributed by atoms with Gasteiger partial charge in [-0.15, -0.1) is 0 Å². The van der Waals surface area contributed by atoms with Gasteiger partial charge in [-0.1, -0.05) is 0 Å². The first kappa shape index (κ1) is 15.7. The maximum absolute atomic E-state index is 12.3. The van der Waals surface area contributed by atoms with Gasteiger partial charge in [-0.2, -0.15) is 0 Å². The molecule has 2 atom stereocenters. The summed E-state index contributed by atoms with van der Waals surface area (Å²) in [6.45, 7) is 6.19. The molecule has 0 radical (unpaired) electrons. The van der Waals surface area contributed by atoms with E-state index < -0.39 is 0 Å². The largest absolute Gasteiger partial charge is 0.480 e. The first-order valence-electron chi connectivity index (χ1n) is 7.29. The first-order valence-corrected chi connectivity index (χ1v) is 7.29. The van der Waals surface area contributed by atoms with Gasteiger partial charge in [0.2, 0.25) is 11.8 Å². The Morgan fingerprint density at radius 3 is 2.71 bits per heavy atom. The lowest BCUT2D eigenvalue weighted by atomic mass is 9.92. The summed E-state index contributed by atoms with van der Waals surface area (Å²) in [5.74, 6) is 0.499. The zero-order valence-electron chi connectivity index (χ0n) is 13.0. The van der Waals surface area contributed by atoms with Crippen molar-refractivity contribution in [1.29, 1.82) is 0 Å². The van der Waals surface area contributed by atoms with Gasteiger partial charge in [0, 0.05) is 12.1 Å². The summed E-state index contributed by atoms with van der Waals surface area (Å²) in [5.41, 5.74) is 1.43. The molecular weight excluding hydrogens is 270 g/mol. The predicted molar refractivity (Wildman–Crippen MR) is 77.9 cm³/mol. The Hall–Kier alpha value is -1.69. The fraction of sp³-hybridized carbons (Fsp3) is 0.667. The number of rotatable bonds is 4. The van der Waals surface area contributed by atoms with E-state index in [1.807, 2.05) is 20.8 Å². The summed E-state index contributed by atoms with van der Waals surface area (Å²) in [4.78, 5) is 20.8. The molecule has 1 saturated heterocycles. The molecule has 0 aromatic carbocycles. The van der Waals surface area contributed by atoms with E-state index in [0.29, 0.717) is 18.1 Å². The Morgan fingerprint density at radius 2 is 2.10 bits per heavy atom. The van der Waals surface area contributed by atoms with Crippen LogP contribution in [0.4, 0.5) is 0 Å². The van der Waals surface area contributed by atoms with Crippen molar-refractivity contribution in [2.45, 2.75) is 52.4 Å². The van der Waals surface area contributed by atoms with Crippen molar-refractivity contribution in [3.05, 3.63) is 17.6 Å². The molecule has 1 fully saturated rings. The zero-order chi connectivity index (χ0) is 15.4. The van der Waals surface area contributed by atoms with Gasteiger partial charge < -0.3 is 14.8 Å². The van der Waals surface area contributed by atoms with Crippen LogP contribution in [0.2, 0.25) is 0 Å². The predicted octanol–water partition coefficient (Wildman–Crippen LogP) is 1.61. The molecule has 0 bridgehead atoms. The normalized spacial score (nSPS) is 25.4. The fourth-order valence-electron chi connectivity index (χ4n) is 2.70. The number of aromatic nitrogens is 2. The number of nitrogens with one attached hydrogen (secondary N) is 1. The van der Waals surface area contributed by atoms with E-state index in [-0.39, 0.29) is 24.0 Å². The fourth-order valence-corrected chi connectivity index (χ4v) is 2.70. The molecule has 1 N–H and O–H groups in total. The topological polar surface area (TPSA) is 73.3 Å². The van der Waals surface area contributed by atoms with Gasteiger partial charge in [0.25, 0.3) is 0 Å². The van der Waals surface area contributed by atoms with Crippen molar-refractivity contribution in [3.63, 3.8) is 0 Å². The molecule has 1 aliphatic heterocycles. The molecule has 2 unspecified atom stereocenters. The molecule has 1 aromatic rings. The van der Waals surface area contributed by atoms with E-state index in [2.05, 4.69) is 15.3 Å². The average molecular weight is 293 g/mol. The number of methoxy groups -OCH3 is 1. The molecule has 1 aromatic heterocycles. The molecule has 21 heavy (non-hydrogen) atoms. The zero-order valence-corrected chi connectivity index (χ0v) is 13.0. The van der Waals surface area contributed by atoms with Crippen LogP contribution in [0.1, 0.15) is 38.1 Å². The number of hydrogen-bond donors (Lipinski definition) is 1. The number of amides is 1. The Morgan fingerprint density at radius 1 is 1.43 bits per heavy atom. The lowest BCUT2D eigenvalue weighted by Gasteiger charge is -2.31. The van der Waals surface area contributed by atoms with E-state index in [4.69, 9.17) is 9.47 Å². The van der Waals surface area contributed by atoms with Crippen molar-refractivity contribution in [1.82, 2.24) is 15.3 Å². The smallest absolute Gasteiger partial charge is 0.237 e. The van der Waals surface area contributed by atoms with E-state index in [1.165, 1.54) is 0 Å². The van der Waals surface area contributed by atoms with Crippen LogP contribution in [0.5, 0.6) is 5.88 Å². The summed E-state index contributed by atoms with van der Waals surface area (Å²) in [7, 11) is 1.55.